The predicted molar refractivity (Wildman–Crippen MR) is 77.4 cm³/mol. The van der Waals surface area contributed by atoms with Crippen molar-refractivity contribution in [1.29, 1.82) is 0 Å². The molecule has 1 aromatic heterocycles. The van der Waals surface area contributed by atoms with Crippen LogP contribution >= 0.6 is 11.6 Å². The molecule has 0 spiro atoms. The van der Waals surface area contributed by atoms with Gasteiger partial charge in [0.05, 0.1) is 12.3 Å². The van der Waals surface area contributed by atoms with Gasteiger partial charge in [-0.25, -0.2) is 9.78 Å². The molecular weight excluding hydrogens is 252 g/mol. The number of pyridine rings is 1. The van der Waals surface area contributed by atoms with Gasteiger partial charge in [0.1, 0.15) is 10.7 Å². The molecule has 1 rings (SSSR count). The van der Waals surface area contributed by atoms with Crippen LogP contribution in [0.1, 0.15) is 45.0 Å². The van der Waals surface area contributed by atoms with Crippen LogP contribution in [0.5, 0.6) is 0 Å². The van der Waals surface area contributed by atoms with Gasteiger partial charge in [0.15, 0.2) is 0 Å². The molecule has 0 saturated heterocycles. The van der Waals surface area contributed by atoms with E-state index in [0.717, 1.165) is 0 Å². The minimum atomic E-state index is -0.402. The fraction of sp³-hybridized carbons (Fsp3) is 0.538. The molecular formula is C13H23ClN2O2. The molecule has 5 heteroatoms. The smallest absolute Gasteiger partial charge is 0.341 e. The van der Waals surface area contributed by atoms with E-state index in [1.807, 2.05) is 27.7 Å². The number of nitrogens with one attached hydrogen (secondary N) is 1. The maximum atomic E-state index is 11.4. The molecule has 0 aliphatic rings. The van der Waals surface area contributed by atoms with Crippen molar-refractivity contribution in [2.45, 2.75) is 34.6 Å². The van der Waals surface area contributed by atoms with Gasteiger partial charge in [-0.1, -0.05) is 39.3 Å². The first-order valence-corrected chi connectivity index (χ1v) is 6.57. The lowest BCUT2D eigenvalue weighted by Crippen LogP contribution is -2.08. The number of carbonyl (C=O) groups is 1. The van der Waals surface area contributed by atoms with Crippen LogP contribution < -0.4 is 5.32 Å². The van der Waals surface area contributed by atoms with Gasteiger partial charge >= 0.3 is 5.97 Å². The molecule has 1 aromatic rings. The lowest BCUT2D eigenvalue weighted by molar-refractivity contribution is 0.0527. The van der Waals surface area contributed by atoms with Crippen LogP contribution in [-0.2, 0) is 4.74 Å². The molecule has 0 aliphatic heterocycles. The largest absolute Gasteiger partial charge is 0.462 e. The number of hydrogen-bond donors (Lipinski definition) is 1. The van der Waals surface area contributed by atoms with Gasteiger partial charge in [-0.05, 0) is 13.0 Å². The summed E-state index contributed by atoms with van der Waals surface area (Å²) in [5.41, 5.74) is 1.00. The van der Waals surface area contributed by atoms with Crippen molar-refractivity contribution in [2.24, 2.45) is 0 Å². The maximum Gasteiger partial charge on any atom is 0.341 e. The van der Waals surface area contributed by atoms with E-state index in [9.17, 15) is 4.79 Å². The normalized spacial score (nSPS) is 8.17. The van der Waals surface area contributed by atoms with E-state index in [2.05, 4.69) is 10.3 Å². The highest BCUT2D eigenvalue weighted by Gasteiger charge is 2.12. The third-order valence-electron chi connectivity index (χ3n) is 1.64. The van der Waals surface area contributed by atoms with Crippen LogP contribution in [0.25, 0.3) is 0 Å². The fourth-order valence-corrected chi connectivity index (χ4v) is 1.17. The molecule has 104 valence electrons. The van der Waals surface area contributed by atoms with Gasteiger partial charge in [-0.3, -0.25) is 0 Å². The Hall–Kier alpha value is -1.29. The molecule has 0 saturated carbocycles. The summed E-state index contributed by atoms with van der Waals surface area (Å²) in [4.78, 5) is 15.2. The standard InChI is InChI=1S/C9H11ClN2O2.2C2H6/c1-3-14-9(13)6-5-12-8(10)4-7(6)11-2;2*1-2/h4-5H,3H2,1-2H3,(H,11,12);2*1-2H3. The summed E-state index contributed by atoms with van der Waals surface area (Å²) >= 11 is 5.67. The number of anilines is 1. The van der Waals surface area contributed by atoms with E-state index in [1.165, 1.54) is 6.20 Å². The van der Waals surface area contributed by atoms with Crippen molar-refractivity contribution in [3.05, 3.63) is 23.0 Å². The van der Waals surface area contributed by atoms with Crippen molar-refractivity contribution >= 4 is 23.3 Å². The molecule has 0 amide bonds. The van der Waals surface area contributed by atoms with E-state index in [0.29, 0.717) is 23.0 Å². The third-order valence-corrected chi connectivity index (χ3v) is 1.84. The number of aromatic nitrogens is 1. The summed E-state index contributed by atoms with van der Waals surface area (Å²) in [6.07, 6.45) is 1.40. The van der Waals surface area contributed by atoms with Crippen LogP contribution in [0, 0.1) is 0 Å². The Morgan fingerprint density at radius 3 is 2.39 bits per heavy atom. The molecule has 0 unspecified atom stereocenters. The van der Waals surface area contributed by atoms with Crippen LogP contribution in [-0.4, -0.2) is 24.6 Å². The second kappa shape index (κ2) is 12.2. The van der Waals surface area contributed by atoms with Crippen molar-refractivity contribution in [2.75, 3.05) is 19.0 Å². The summed E-state index contributed by atoms with van der Waals surface area (Å²) in [6, 6.07) is 1.58. The molecule has 0 aromatic carbocycles. The Kier molecular flexibility index (Phi) is 12.9. The van der Waals surface area contributed by atoms with E-state index in [4.69, 9.17) is 16.3 Å². The Labute approximate surface area is 115 Å². The molecule has 0 bridgehead atoms. The Morgan fingerprint density at radius 1 is 1.39 bits per heavy atom. The number of ether oxygens (including phenoxy) is 1. The highest BCUT2D eigenvalue weighted by molar-refractivity contribution is 6.29. The molecule has 0 fully saturated rings. The van der Waals surface area contributed by atoms with Crippen molar-refractivity contribution in [3.8, 4) is 0 Å². The average molecular weight is 275 g/mol. The number of halogens is 1. The first-order chi connectivity index (χ1) is 8.69. The molecule has 1 heterocycles. The second-order valence-electron chi connectivity index (χ2n) is 2.52. The number of hydrogen-bond acceptors (Lipinski definition) is 4. The number of nitrogens with zero attached hydrogens (tertiary/aromatic N) is 1. The summed E-state index contributed by atoms with van der Waals surface area (Å²) in [5, 5.41) is 3.19. The van der Waals surface area contributed by atoms with E-state index < -0.39 is 5.97 Å². The quantitative estimate of drug-likeness (QED) is 0.668. The molecule has 1 N–H and O–H groups in total. The zero-order valence-electron chi connectivity index (χ0n) is 12.0. The minimum Gasteiger partial charge on any atom is -0.462 e. The second-order valence-corrected chi connectivity index (χ2v) is 2.91. The van der Waals surface area contributed by atoms with E-state index in [1.54, 1.807) is 20.0 Å². The van der Waals surface area contributed by atoms with Crippen molar-refractivity contribution in [3.63, 3.8) is 0 Å². The first kappa shape index (κ1) is 19.1. The van der Waals surface area contributed by atoms with Gasteiger partial charge in [-0.15, -0.1) is 0 Å². The van der Waals surface area contributed by atoms with Gasteiger partial charge in [0.25, 0.3) is 0 Å². The maximum absolute atomic E-state index is 11.4. The van der Waals surface area contributed by atoms with E-state index >= 15 is 0 Å². The monoisotopic (exact) mass is 274 g/mol. The molecule has 4 nitrogen and oxygen atoms in total. The summed E-state index contributed by atoms with van der Waals surface area (Å²) in [5.74, 6) is -0.402. The highest BCUT2D eigenvalue weighted by atomic mass is 35.5. The third kappa shape index (κ3) is 6.45. The number of rotatable bonds is 3. The summed E-state index contributed by atoms with van der Waals surface area (Å²) in [7, 11) is 1.70. The van der Waals surface area contributed by atoms with Gasteiger partial charge in [0.2, 0.25) is 0 Å². The highest BCUT2D eigenvalue weighted by Crippen LogP contribution is 2.18. The summed E-state index contributed by atoms with van der Waals surface area (Å²) in [6.45, 7) is 10.1. The first-order valence-electron chi connectivity index (χ1n) is 6.19. The Balaban J connectivity index is 0. The topological polar surface area (TPSA) is 51.2 Å². The zero-order valence-corrected chi connectivity index (χ0v) is 12.8. The average Bonchev–Trinajstić information content (AvgIpc) is 2.43. The Bertz CT molecular complexity index is 344. The van der Waals surface area contributed by atoms with Crippen LogP contribution in [0.2, 0.25) is 5.15 Å². The lowest BCUT2D eigenvalue weighted by Gasteiger charge is -2.07. The number of carbonyl (C=O) groups excluding carboxylic acids is 1. The molecule has 18 heavy (non-hydrogen) atoms. The fourth-order valence-electron chi connectivity index (χ4n) is 1.01. The van der Waals surface area contributed by atoms with E-state index in [-0.39, 0.29) is 0 Å². The molecule has 0 atom stereocenters. The van der Waals surface area contributed by atoms with Crippen molar-refractivity contribution < 1.29 is 9.53 Å². The molecule has 0 aliphatic carbocycles. The van der Waals surface area contributed by atoms with Crippen LogP contribution in [0.4, 0.5) is 5.69 Å². The zero-order chi connectivity index (χ0) is 14.6. The van der Waals surface area contributed by atoms with Crippen molar-refractivity contribution in [1.82, 2.24) is 4.98 Å². The van der Waals surface area contributed by atoms with Gasteiger partial charge in [0, 0.05) is 13.2 Å². The van der Waals surface area contributed by atoms with Gasteiger partial charge < -0.3 is 10.1 Å². The Morgan fingerprint density at radius 2 is 1.94 bits per heavy atom. The number of esters is 1. The summed E-state index contributed by atoms with van der Waals surface area (Å²) < 4.78 is 4.85. The van der Waals surface area contributed by atoms with Gasteiger partial charge in [-0.2, -0.15) is 0 Å². The SMILES string of the molecule is CC.CC.CCOC(=O)c1cnc(Cl)cc1NC. The predicted octanol–water partition coefficient (Wildman–Crippen LogP) is 4.01. The lowest BCUT2D eigenvalue weighted by atomic mass is 10.2. The van der Waals surface area contributed by atoms with Crippen LogP contribution in [0.3, 0.4) is 0 Å². The van der Waals surface area contributed by atoms with Crippen LogP contribution in [0.15, 0.2) is 12.3 Å². The minimum absolute atomic E-state index is 0.336. The molecule has 0 radical (unpaired) electrons.